The first-order valence-corrected chi connectivity index (χ1v) is 8.93. The van der Waals surface area contributed by atoms with Crippen LogP contribution in [0.5, 0.6) is 11.5 Å². The Balaban J connectivity index is 1.69. The highest BCUT2D eigenvalue weighted by molar-refractivity contribution is 8.18. The van der Waals surface area contributed by atoms with Crippen molar-refractivity contribution < 1.29 is 28.6 Å². The minimum absolute atomic E-state index is 0.118. The van der Waals surface area contributed by atoms with Gasteiger partial charge in [-0.1, -0.05) is 12.1 Å². The maximum absolute atomic E-state index is 14.3. The topological polar surface area (TPSA) is 119 Å². The summed E-state index contributed by atoms with van der Waals surface area (Å²) in [6, 6.07) is 9.77. The molecule has 9 heteroatoms. The molecule has 1 saturated heterocycles. The quantitative estimate of drug-likeness (QED) is 0.636. The Morgan fingerprint density at radius 2 is 1.89 bits per heavy atom. The Bertz CT molecular complexity index is 975. The normalized spacial score (nSPS) is 16.1. The van der Waals surface area contributed by atoms with E-state index in [0.29, 0.717) is 17.5 Å². The molecule has 0 saturated carbocycles. The monoisotopic (exact) mass is 402 g/mol. The maximum atomic E-state index is 14.3. The van der Waals surface area contributed by atoms with E-state index >= 15 is 0 Å². The maximum Gasteiger partial charge on any atom is 0.320 e. The van der Waals surface area contributed by atoms with Gasteiger partial charge in [-0.2, -0.15) is 0 Å². The van der Waals surface area contributed by atoms with Crippen LogP contribution < -0.4 is 15.8 Å². The average molecular weight is 402 g/mol. The van der Waals surface area contributed by atoms with Crippen LogP contribution in [0.15, 0.2) is 47.4 Å². The molecule has 1 heterocycles. The van der Waals surface area contributed by atoms with Crippen LogP contribution in [0.3, 0.4) is 0 Å². The molecule has 7 nitrogen and oxygen atoms in total. The van der Waals surface area contributed by atoms with E-state index in [0.717, 1.165) is 5.56 Å². The number of imide groups is 1. The number of benzene rings is 2. The molecule has 1 atom stereocenters. The Morgan fingerprint density at radius 1 is 1.21 bits per heavy atom. The molecule has 0 aliphatic carbocycles. The van der Waals surface area contributed by atoms with Crippen molar-refractivity contribution in [3.8, 4) is 11.5 Å². The summed E-state index contributed by atoms with van der Waals surface area (Å²) in [6.07, 6.45) is 1.48. The summed E-state index contributed by atoms with van der Waals surface area (Å²) < 4.78 is 19.9. The van der Waals surface area contributed by atoms with Gasteiger partial charge in [0.2, 0.25) is 0 Å². The number of thioether (sulfide) groups is 1. The van der Waals surface area contributed by atoms with Crippen molar-refractivity contribution >= 4 is 35.0 Å². The standard InChI is InChI=1S/C19H15FN2O5S/c20-14-9-13(6-3-11(14)8-16-17(23)22-19(26)28-16)27-12-4-1-10(2-5-12)7-15(21)18(24)25/h1-6,8-9,15H,7,21H2,(H,24,25)(H,22,23,26)/t15-/m0/s1. The fourth-order valence-corrected chi connectivity index (χ4v) is 3.09. The zero-order valence-corrected chi connectivity index (χ0v) is 15.2. The number of carboxylic acid groups (broad SMARTS) is 1. The van der Waals surface area contributed by atoms with Crippen molar-refractivity contribution in [2.75, 3.05) is 0 Å². The number of hydrogen-bond acceptors (Lipinski definition) is 6. The third-order valence-electron chi connectivity index (χ3n) is 3.83. The first kappa shape index (κ1) is 19.6. The second-order valence-corrected chi connectivity index (χ2v) is 6.95. The van der Waals surface area contributed by atoms with Gasteiger partial charge >= 0.3 is 5.97 Å². The molecule has 144 valence electrons. The van der Waals surface area contributed by atoms with Crippen molar-refractivity contribution in [2.45, 2.75) is 12.5 Å². The third-order valence-corrected chi connectivity index (χ3v) is 4.64. The van der Waals surface area contributed by atoms with Crippen LogP contribution in [0.1, 0.15) is 11.1 Å². The van der Waals surface area contributed by atoms with E-state index in [4.69, 9.17) is 15.6 Å². The number of amides is 2. The van der Waals surface area contributed by atoms with Crippen molar-refractivity contribution in [2.24, 2.45) is 5.73 Å². The van der Waals surface area contributed by atoms with Crippen molar-refractivity contribution in [3.63, 3.8) is 0 Å². The SMILES string of the molecule is N[C@@H](Cc1ccc(Oc2ccc(C=C3SC(=O)NC3=O)c(F)c2)cc1)C(=O)O. The highest BCUT2D eigenvalue weighted by atomic mass is 32.2. The molecule has 0 unspecified atom stereocenters. The first-order valence-electron chi connectivity index (χ1n) is 8.11. The summed E-state index contributed by atoms with van der Waals surface area (Å²) in [5.74, 6) is -1.56. The number of nitrogens with one attached hydrogen (secondary N) is 1. The highest BCUT2D eigenvalue weighted by Gasteiger charge is 2.25. The number of carboxylic acids is 1. The van der Waals surface area contributed by atoms with Crippen molar-refractivity contribution in [3.05, 3.63) is 64.3 Å². The molecule has 2 amide bonds. The van der Waals surface area contributed by atoms with Gasteiger partial charge in [0.05, 0.1) is 4.91 Å². The number of carbonyl (C=O) groups is 3. The van der Waals surface area contributed by atoms with Gasteiger partial charge in [-0.25, -0.2) is 4.39 Å². The molecule has 0 bridgehead atoms. The van der Waals surface area contributed by atoms with Crippen molar-refractivity contribution in [1.29, 1.82) is 0 Å². The molecule has 28 heavy (non-hydrogen) atoms. The van der Waals surface area contributed by atoms with E-state index in [1.165, 1.54) is 24.3 Å². The Morgan fingerprint density at radius 3 is 2.46 bits per heavy atom. The summed E-state index contributed by atoms with van der Waals surface area (Å²) in [5.41, 5.74) is 6.38. The first-order chi connectivity index (χ1) is 13.3. The van der Waals surface area contributed by atoms with Gasteiger partial charge in [-0.3, -0.25) is 19.7 Å². The number of carbonyl (C=O) groups excluding carboxylic acids is 2. The fraction of sp³-hybridized carbons (Fsp3) is 0.105. The van der Waals surface area contributed by atoms with Crippen LogP contribution in [0, 0.1) is 5.82 Å². The lowest BCUT2D eigenvalue weighted by Gasteiger charge is -2.09. The number of hydrogen-bond donors (Lipinski definition) is 3. The van der Waals surface area contributed by atoms with Crippen LogP contribution in [0.2, 0.25) is 0 Å². The molecule has 2 aromatic carbocycles. The lowest BCUT2D eigenvalue weighted by atomic mass is 10.1. The number of ether oxygens (including phenoxy) is 1. The largest absolute Gasteiger partial charge is 0.480 e. The molecule has 2 aromatic rings. The van der Waals surface area contributed by atoms with Gasteiger partial charge in [-0.15, -0.1) is 0 Å². The number of aliphatic carboxylic acids is 1. The van der Waals surface area contributed by atoms with Crippen LogP contribution in [0.25, 0.3) is 6.08 Å². The van der Waals surface area contributed by atoms with Crippen LogP contribution >= 0.6 is 11.8 Å². The van der Waals surface area contributed by atoms with Crippen LogP contribution in [-0.2, 0) is 16.0 Å². The predicted octanol–water partition coefficient (Wildman–Crippen LogP) is 2.90. The molecule has 0 radical (unpaired) electrons. The Hall–Kier alpha value is -3.17. The minimum atomic E-state index is -1.08. The number of nitrogens with two attached hydrogens (primary N) is 1. The molecule has 1 aliphatic heterocycles. The second kappa shape index (κ2) is 8.24. The average Bonchev–Trinajstić information content (AvgIpc) is 2.96. The highest BCUT2D eigenvalue weighted by Crippen LogP contribution is 2.29. The molecule has 0 aromatic heterocycles. The van der Waals surface area contributed by atoms with Crippen LogP contribution in [0.4, 0.5) is 9.18 Å². The Kier molecular flexibility index (Phi) is 5.76. The van der Waals surface area contributed by atoms with E-state index < -0.39 is 29.0 Å². The van der Waals surface area contributed by atoms with Crippen molar-refractivity contribution in [1.82, 2.24) is 5.32 Å². The molecule has 3 rings (SSSR count). The summed E-state index contributed by atoms with van der Waals surface area (Å²) in [6.45, 7) is 0. The lowest BCUT2D eigenvalue weighted by molar-refractivity contribution is -0.138. The molecular weight excluding hydrogens is 387 g/mol. The molecular formula is C19H15FN2O5S. The van der Waals surface area contributed by atoms with Crippen LogP contribution in [-0.4, -0.2) is 28.3 Å². The second-order valence-electron chi connectivity index (χ2n) is 5.93. The van der Waals surface area contributed by atoms with Gasteiger partial charge in [0.25, 0.3) is 11.1 Å². The number of halogens is 1. The summed E-state index contributed by atoms with van der Waals surface area (Å²) in [7, 11) is 0. The van der Waals surface area contributed by atoms with Gasteiger partial charge < -0.3 is 15.6 Å². The summed E-state index contributed by atoms with van der Waals surface area (Å²) >= 11 is 0.709. The molecule has 0 spiro atoms. The van der Waals surface area contributed by atoms with E-state index in [-0.39, 0.29) is 22.6 Å². The zero-order chi connectivity index (χ0) is 20.3. The smallest absolute Gasteiger partial charge is 0.320 e. The van der Waals surface area contributed by atoms with E-state index in [2.05, 4.69) is 5.32 Å². The molecule has 4 N–H and O–H groups in total. The third kappa shape index (κ3) is 4.76. The van der Waals surface area contributed by atoms with Gasteiger partial charge in [0, 0.05) is 11.6 Å². The van der Waals surface area contributed by atoms with Gasteiger partial charge in [0.15, 0.2) is 0 Å². The molecule has 1 aliphatic rings. The minimum Gasteiger partial charge on any atom is -0.480 e. The van der Waals surface area contributed by atoms with E-state index in [1.807, 2.05) is 0 Å². The van der Waals surface area contributed by atoms with E-state index in [9.17, 15) is 18.8 Å². The molecule has 1 fully saturated rings. The Labute approximate surface area is 163 Å². The summed E-state index contributed by atoms with van der Waals surface area (Å²) in [5, 5.41) is 10.4. The van der Waals surface area contributed by atoms with Gasteiger partial charge in [-0.05, 0) is 54.1 Å². The van der Waals surface area contributed by atoms with E-state index in [1.54, 1.807) is 24.3 Å². The number of rotatable bonds is 6. The predicted molar refractivity (Wildman–Crippen MR) is 101 cm³/mol. The lowest BCUT2D eigenvalue weighted by Crippen LogP contribution is -2.32. The fourth-order valence-electron chi connectivity index (χ4n) is 2.42. The zero-order valence-electron chi connectivity index (χ0n) is 14.3. The summed E-state index contributed by atoms with van der Waals surface area (Å²) in [4.78, 5) is 33.6. The van der Waals surface area contributed by atoms with Gasteiger partial charge in [0.1, 0.15) is 23.4 Å².